The average Bonchev–Trinajstić information content (AvgIpc) is 3.34. The standard InChI is InChI=1S/C32H26N4O/c1-21-14-16-28-30(18-21)36-31(35-28)17-15-22-8-7-11-24(19-22)33-32(37)26-20-29(23-9-3-2-4-10-23)34-27-13-6-5-12-25(26)27/h2-14,16,18-20H,15,17H2,1H3,(H,33,37)(H,35,36). The maximum Gasteiger partial charge on any atom is 0.256 e. The van der Waals surface area contributed by atoms with Crippen molar-refractivity contribution in [2.24, 2.45) is 0 Å². The van der Waals surface area contributed by atoms with Gasteiger partial charge in [-0.25, -0.2) is 9.97 Å². The van der Waals surface area contributed by atoms with Crippen molar-refractivity contribution in [1.29, 1.82) is 0 Å². The number of aromatic amines is 1. The van der Waals surface area contributed by atoms with Gasteiger partial charge in [-0.1, -0.05) is 66.7 Å². The molecule has 0 radical (unpaired) electrons. The van der Waals surface area contributed by atoms with Gasteiger partial charge in [-0.2, -0.15) is 0 Å². The van der Waals surface area contributed by atoms with Crippen LogP contribution >= 0.6 is 0 Å². The molecule has 1 amide bonds. The number of nitrogens with one attached hydrogen (secondary N) is 2. The fraction of sp³-hybridized carbons (Fsp3) is 0.0938. The van der Waals surface area contributed by atoms with Crippen LogP contribution in [0.3, 0.4) is 0 Å². The van der Waals surface area contributed by atoms with Crippen molar-refractivity contribution in [3.8, 4) is 11.3 Å². The van der Waals surface area contributed by atoms with Crippen molar-refractivity contribution in [1.82, 2.24) is 15.0 Å². The van der Waals surface area contributed by atoms with Crippen molar-refractivity contribution < 1.29 is 4.79 Å². The number of H-pyrrole nitrogens is 1. The molecule has 4 aromatic carbocycles. The lowest BCUT2D eigenvalue weighted by Gasteiger charge is -2.11. The number of benzene rings is 4. The van der Waals surface area contributed by atoms with Gasteiger partial charge >= 0.3 is 0 Å². The third-order valence-corrected chi connectivity index (χ3v) is 6.55. The Hall–Kier alpha value is -4.77. The Bertz CT molecular complexity index is 1740. The first-order valence-corrected chi connectivity index (χ1v) is 12.4. The Morgan fingerprint density at radius 2 is 1.62 bits per heavy atom. The van der Waals surface area contributed by atoms with Crippen molar-refractivity contribution in [3.63, 3.8) is 0 Å². The molecule has 6 rings (SSSR count). The van der Waals surface area contributed by atoms with E-state index in [1.807, 2.05) is 84.9 Å². The fourth-order valence-corrected chi connectivity index (χ4v) is 4.68. The summed E-state index contributed by atoms with van der Waals surface area (Å²) in [5.41, 5.74) is 8.32. The lowest BCUT2D eigenvalue weighted by Crippen LogP contribution is -2.13. The number of rotatable bonds is 6. The zero-order valence-electron chi connectivity index (χ0n) is 20.5. The summed E-state index contributed by atoms with van der Waals surface area (Å²) in [5, 5.41) is 3.93. The molecule has 0 fully saturated rings. The number of pyridine rings is 1. The van der Waals surface area contributed by atoms with E-state index in [0.717, 1.165) is 63.1 Å². The Balaban J connectivity index is 1.23. The number of anilines is 1. The minimum absolute atomic E-state index is 0.152. The summed E-state index contributed by atoms with van der Waals surface area (Å²) in [6.07, 6.45) is 1.61. The van der Waals surface area contributed by atoms with Crippen LogP contribution in [0, 0.1) is 6.92 Å². The number of nitrogens with zero attached hydrogens (tertiary/aromatic N) is 2. The van der Waals surface area contributed by atoms with E-state index in [1.165, 1.54) is 5.56 Å². The molecule has 0 aliphatic carbocycles. The SMILES string of the molecule is Cc1ccc2nc(CCc3cccc(NC(=O)c4cc(-c5ccccc5)nc5ccccc45)c3)[nH]c2c1. The third kappa shape index (κ3) is 4.84. The number of para-hydroxylation sites is 1. The minimum Gasteiger partial charge on any atom is -0.342 e. The van der Waals surface area contributed by atoms with E-state index in [0.29, 0.717) is 5.56 Å². The number of amides is 1. The average molecular weight is 483 g/mol. The molecule has 0 atom stereocenters. The lowest BCUT2D eigenvalue weighted by atomic mass is 10.0. The summed E-state index contributed by atoms with van der Waals surface area (Å²) in [5.74, 6) is 0.812. The number of carbonyl (C=O) groups excluding carboxylic acids is 1. The highest BCUT2D eigenvalue weighted by Crippen LogP contribution is 2.26. The van der Waals surface area contributed by atoms with E-state index < -0.39 is 0 Å². The first-order chi connectivity index (χ1) is 18.1. The van der Waals surface area contributed by atoms with Crippen molar-refractivity contribution in [2.45, 2.75) is 19.8 Å². The van der Waals surface area contributed by atoms with Gasteiger partial charge in [0.15, 0.2) is 0 Å². The van der Waals surface area contributed by atoms with Crippen LogP contribution < -0.4 is 5.32 Å². The van der Waals surface area contributed by atoms with Gasteiger partial charge < -0.3 is 10.3 Å². The smallest absolute Gasteiger partial charge is 0.256 e. The highest BCUT2D eigenvalue weighted by atomic mass is 16.1. The Labute approximate surface area is 215 Å². The molecule has 0 spiro atoms. The first-order valence-electron chi connectivity index (χ1n) is 12.4. The van der Waals surface area contributed by atoms with Crippen LogP contribution in [0.15, 0.2) is 103 Å². The molecule has 180 valence electrons. The molecule has 0 unspecified atom stereocenters. The number of hydrogen-bond donors (Lipinski definition) is 2. The van der Waals surface area contributed by atoms with Crippen LogP contribution in [-0.2, 0) is 12.8 Å². The van der Waals surface area contributed by atoms with Gasteiger partial charge in [-0.15, -0.1) is 0 Å². The molecule has 0 saturated carbocycles. The molecule has 0 aliphatic heterocycles. The lowest BCUT2D eigenvalue weighted by molar-refractivity contribution is 0.102. The Morgan fingerprint density at radius 1 is 0.784 bits per heavy atom. The van der Waals surface area contributed by atoms with E-state index >= 15 is 0 Å². The van der Waals surface area contributed by atoms with E-state index in [1.54, 1.807) is 0 Å². The fourth-order valence-electron chi connectivity index (χ4n) is 4.68. The van der Waals surface area contributed by atoms with Crippen LogP contribution in [0.5, 0.6) is 0 Å². The molecule has 5 nitrogen and oxygen atoms in total. The van der Waals surface area contributed by atoms with E-state index in [9.17, 15) is 4.79 Å². The number of fused-ring (bicyclic) bond motifs is 2. The van der Waals surface area contributed by atoms with Crippen LogP contribution in [0.2, 0.25) is 0 Å². The van der Waals surface area contributed by atoms with Gasteiger partial charge in [-0.3, -0.25) is 4.79 Å². The maximum atomic E-state index is 13.5. The zero-order valence-corrected chi connectivity index (χ0v) is 20.5. The normalized spacial score (nSPS) is 11.2. The minimum atomic E-state index is -0.152. The van der Waals surface area contributed by atoms with Gasteiger partial charge in [0.05, 0.1) is 27.8 Å². The summed E-state index contributed by atoms with van der Waals surface area (Å²) in [6.45, 7) is 2.08. The van der Waals surface area contributed by atoms with Gasteiger partial charge in [0.1, 0.15) is 5.82 Å². The molecular weight excluding hydrogens is 456 g/mol. The van der Waals surface area contributed by atoms with E-state index in [-0.39, 0.29) is 5.91 Å². The molecule has 2 aromatic heterocycles. The first kappa shape index (κ1) is 22.7. The molecular formula is C32H26N4O. The predicted molar refractivity (Wildman–Crippen MR) is 150 cm³/mol. The van der Waals surface area contributed by atoms with Gasteiger partial charge in [-0.05, 0) is 60.9 Å². The summed E-state index contributed by atoms with van der Waals surface area (Å²) in [7, 11) is 0. The monoisotopic (exact) mass is 482 g/mol. The number of aromatic nitrogens is 3. The van der Waals surface area contributed by atoms with Crippen LogP contribution in [0.25, 0.3) is 33.2 Å². The van der Waals surface area contributed by atoms with Gasteiger partial charge in [0.2, 0.25) is 0 Å². The van der Waals surface area contributed by atoms with Crippen LogP contribution in [0.1, 0.15) is 27.3 Å². The number of aryl methyl sites for hydroxylation is 3. The number of carbonyl (C=O) groups is 1. The maximum absolute atomic E-state index is 13.5. The zero-order chi connectivity index (χ0) is 25.2. The number of hydrogen-bond acceptors (Lipinski definition) is 3. The van der Waals surface area contributed by atoms with Gasteiger partial charge in [0, 0.05) is 23.1 Å². The topological polar surface area (TPSA) is 70.7 Å². The summed E-state index contributed by atoms with van der Waals surface area (Å²) in [6, 6.07) is 33.8. The number of imidazole rings is 1. The molecule has 0 saturated heterocycles. The summed E-state index contributed by atoms with van der Waals surface area (Å²) in [4.78, 5) is 26.4. The molecule has 2 N–H and O–H groups in total. The molecule has 2 heterocycles. The van der Waals surface area contributed by atoms with E-state index in [2.05, 4.69) is 35.4 Å². The largest absolute Gasteiger partial charge is 0.342 e. The summed E-state index contributed by atoms with van der Waals surface area (Å²) < 4.78 is 0. The highest BCUT2D eigenvalue weighted by molar-refractivity contribution is 6.13. The quantitative estimate of drug-likeness (QED) is 0.265. The third-order valence-electron chi connectivity index (χ3n) is 6.55. The predicted octanol–water partition coefficient (Wildman–Crippen LogP) is 7.12. The Kier molecular flexibility index (Phi) is 5.95. The van der Waals surface area contributed by atoms with E-state index in [4.69, 9.17) is 9.97 Å². The van der Waals surface area contributed by atoms with Crippen LogP contribution in [-0.4, -0.2) is 20.9 Å². The van der Waals surface area contributed by atoms with Crippen molar-refractivity contribution in [2.75, 3.05) is 5.32 Å². The summed E-state index contributed by atoms with van der Waals surface area (Å²) >= 11 is 0. The second-order valence-corrected chi connectivity index (χ2v) is 9.30. The molecule has 0 aliphatic rings. The molecule has 6 aromatic rings. The highest BCUT2D eigenvalue weighted by Gasteiger charge is 2.14. The molecule has 0 bridgehead atoms. The van der Waals surface area contributed by atoms with Crippen LogP contribution in [0.4, 0.5) is 5.69 Å². The van der Waals surface area contributed by atoms with Crippen molar-refractivity contribution >= 4 is 33.5 Å². The second-order valence-electron chi connectivity index (χ2n) is 9.30. The Morgan fingerprint density at radius 3 is 2.51 bits per heavy atom. The molecule has 5 heteroatoms. The van der Waals surface area contributed by atoms with Crippen molar-refractivity contribution in [3.05, 3.63) is 126 Å². The van der Waals surface area contributed by atoms with Gasteiger partial charge in [0.25, 0.3) is 5.91 Å². The molecule has 37 heavy (non-hydrogen) atoms. The second kappa shape index (κ2) is 9.70.